The first-order valence-electron chi connectivity index (χ1n) is 9.21. The lowest BCUT2D eigenvalue weighted by Gasteiger charge is -2.34. The molecule has 32 heavy (non-hydrogen) atoms. The highest BCUT2D eigenvalue weighted by atomic mass is 32.2. The van der Waals surface area contributed by atoms with Gasteiger partial charge < -0.3 is 4.90 Å². The molecule has 0 bridgehead atoms. The highest BCUT2D eigenvalue weighted by Crippen LogP contribution is 2.37. The Morgan fingerprint density at radius 2 is 1.44 bits per heavy atom. The summed E-state index contributed by atoms with van der Waals surface area (Å²) in [4.78, 5) is 16.8. The molecule has 1 amide bonds. The van der Waals surface area contributed by atoms with Crippen molar-refractivity contribution >= 4 is 15.9 Å². The lowest BCUT2D eigenvalue weighted by molar-refractivity contribution is -0.143. The summed E-state index contributed by atoms with van der Waals surface area (Å²) in [6.07, 6.45) is -8.97. The molecule has 0 N–H and O–H groups in total. The number of sulfonamides is 1. The molecule has 1 saturated heterocycles. The van der Waals surface area contributed by atoms with Crippen molar-refractivity contribution in [1.82, 2.24) is 14.2 Å². The number of rotatable bonds is 3. The molecule has 174 valence electrons. The molecule has 13 heteroatoms. The van der Waals surface area contributed by atoms with Gasteiger partial charge in [-0.05, 0) is 37.3 Å². The zero-order valence-corrected chi connectivity index (χ0v) is 17.4. The molecule has 0 aliphatic carbocycles. The first-order chi connectivity index (χ1) is 14.7. The van der Waals surface area contributed by atoms with Crippen molar-refractivity contribution in [1.29, 1.82) is 0 Å². The maximum atomic E-state index is 13.1. The summed E-state index contributed by atoms with van der Waals surface area (Å²) in [5.74, 6) is -0.409. The van der Waals surface area contributed by atoms with Crippen LogP contribution in [0, 0.1) is 6.92 Å². The van der Waals surface area contributed by atoms with E-state index in [-0.39, 0.29) is 49.9 Å². The SMILES string of the molecule is Cc1ccc(C(=O)N2CCN(S(=O)(=O)c3cc(C(F)(F)F)cc(C(F)(F)F)c3)CC2)cn1. The maximum Gasteiger partial charge on any atom is 0.416 e. The van der Waals surface area contributed by atoms with E-state index in [0.29, 0.717) is 5.69 Å². The van der Waals surface area contributed by atoms with E-state index in [1.807, 2.05) is 0 Å². The Bertz CT molecular complexity index is 1070. The van der Waals surface area contributed by atoms with E-state index in [4.69, 9.17) is 0 Å². The molecule has 0 spiro atoms. The van der Waals surface area contributed by atoms with Gasteiger partial charge in [0.05, 0.1) is 21.6 Å². The highest BCUT2D eigenvalue weighted by molar-refractivity contribution is 7.89. The number of alkyl halides is 6. The van der Waals surface area contributed by atoms with Crippen LogP contribution in [0.3, 0.4) is 0 Å². The predicted molar refractivity (Wildman–Crippen MR) is 100 cm³/mol. The van der Waals surface area contributed by atoms with E-state index < -0.39 is 44.3 Å². The van der Waals surface area contributed by atoms with Gasteiger partial charge in [0.2, 0.25) is 10.0 Å². The van der Waals surface area contributed by atoms with Crippen LogP contribution in [-0.2, 0) is 22.4 Å². The van der Waals surface area contributed by atoms with Crippen LogP contribution < -0.4 is 0 Å². The first kappa shape index (κ1) is 24.0. The molecule has 0 atom stereocenters. The fraction of sp³-hybridized carbons (Fsp3) is 0.368. The summed E-state index contributed by atoms with van der Waals surface area (Å²) in [5.41, 5.74) is -2.46. The minimum absolute atomic E-state index is 0.0863. The number of carbonyl (C=O) groups excluding carboxylic acids is 1. The number of benzene rings is 1. The summed E-state index contributed by atoms with van der Waals surface area (Å²) < 4.78 is 105. The Morgan fingerprint density at radius 3 is 1.88 bits per heavy atom. The van der Waals surface area contributed by atoms with E-state index in [1.165, 1.54) is 11.1 Å². The molecule has 0 unspecified atom stereocenters. The Hall–Kier alpha value is -2.67. The van der Waals surface area contributed by atoms with Crippen molar-refractivity contribution in [3.63, 3.8) is 0 Å². The summed E-state index contributed by atoms with van der Waals surface area (Å²) >= 11 is 0. The number of aromatic nitrogens is 1. The van der Waals surface area contributed by atoms with Crippen LogP contribution >= 0.6 is 0 Å². The highest BCUT2D eigenvalue weighted by Gasteiger charge is 2.39. The van der Waals surface area contributed by atoms with Crippen molar-refractivity contribution < 1.29 is 39.6 Å². The number of hydrogen-bond acceptors (Lipinski definition) is 4. The Morgan fingerprint density at radius 1 is 0.906 bits per heavy atom. The fourth-order valence-corrected chi connectivity index (χ4v) is 4.63. The second kappa shape index (κ2) is 8.35. The minimum Gasteiger partial charge on any atom is -0.336 e. The third-order valence-corrected chi connectivity index (χ3v) is 6.76. The summed E-state index contributed by atoms with van der Waals surface area (Å²) in [5, 5.41) is 0. The molecule has 0 radical (unpaired) electrons. The van der Waals surface area contributed by atoms with Crippen LogP contribution in [-0.4, -0.2) is 54.7 Å². The van der Waals surface area contributed by atoms with Gasteiger partial charge in [-0.3, -0.25) is 9.78 Å². The summed E-state index contributed by atoms with van der Waals surface area (Å²) in [6.45, 7) is 0.986. The average Bonchev–Trinajstić information content (AvgIpc) is 2.72. The molecule has 6 nitrogen and oxygen atoms in total. The van der Waals surface area contributed by atoms with E-state index >= 15 is 0 Å². The van der Waals surface area contributed by atoms with Gasteiger partial charge in [-0.1, -0.05) is 0 Å². The number of piperazine rings is 1. The van der Waals surface area contributed by atoms with Crippen molar-refractivity contribution in [2.24, 2.45) is 0 Å². The smallest absolute Gasteiger partial charge is 0.336 e. The number of amides is 1. The minimum atomic E-state index is -5.17. The normalized spacial score (nSPS) is 16.3. The second-order valence-corrected chi connectivity index (χ2v) is 9.06. The molecule has 0 saturated carbocycles. The van der Waals surface area contributed by atoms with E-state index in [1.54, 1.807) is 19.1 Å². The van der Waals surface area contributed by atoms with Gasteiger partial charge in [-0.2, -0.15) is 30.6 Å². The van der Waals surface area contributed by atoms with Crippen LogP contribution in [0.5, 0.6) is 0 Å². The Kier molecular flexibility index (Phi) is 6.26. The van der Waals surface area contributed by atoms with Gasteiger partial charge in [0.15, 0.2) is 0 Å². The molecule has 2 aromatic rings. The molecule has 1 aromatic heterocycles. The van der Waals surface area contributed by atoms with Crippen LogP contribution in [0.2, 0.25) is 0 Å². The molecule has 1 fully saturated rings. The van der Waals surface area contributed by atoms with E-state index in [9.17, 15) is 39.6 Å². The number of hydrogen-bond donors (Lipinski definition) is 0. The third kappa shape index (κ3) is 5.04. The molecular formula is C19H17F6N3O3S. The number of carbonyl (C=O) groups is 1. The van der Waals surface area contributed by atoms with Crippen LogP contribution in [0.25, 0.3) is 0 Å². The van der Waals surface area contributed by atoms with E-state index in [0.717, 1.165) is 4.31 Å². The maximum absolute atomic E-state index is 13.1. The Balaban J connectivity index is 1.83. The first-order valence-corrected chi connectivity index (χ1v) is 10.6. The lowest BCUT2D eigenvalue weighted by Crippen LogP contribution is -2.50. The lowest BCUT2D eigenvalue weighted by atomic mass is 10.1. The fourth-order valence-electron chi connectivity index (χ4n) is 3.13. The zero-order chi connectivity index (χ0) is 23.9. The topological polar surface area (TPSA) is 70.6 Å². The number of halogens is 6. The van der Waals surface area contributed by atoms with Crippen LogP contribution in [0.4, 0.5) is 26.3 Å². The average molecular weight is 481 g/mol. The molecule has 1 aliphatic rings. The van der Waals surface area contributed by atoms with Crippen molar-refractivity contribution in [3.8, 4) is 0 Å². The van der Waals surface area contributed by atoms with Crippen molar-refractivity contribution in [2.45, 2.75) is 24.2 Å². The van der Waals surface area contributed by atoms with Gasteiger partial charge in [0, 0.05) is 38.1 Å². The van der Waals surface area contributed by atoms with Gasteiger partial charge in [0.25, 0.3) is 5.91 Å². The largest absolute Gasteiger partial charge is 0.416 e. The predicted octanol–water partition coefficient (Wildman–Crippen LogP) is 3.57. The van der Waals surface area contributed by atoms with Crippen LogP contribution in [0.15, 0.2) is 41.4 Å². The molecular weight excluding hydrogens is 464 g/mol. The molecule has 3 rings (SSSR count). The van der Waals surface area contributed by atoms with Gasteiger partial charge in [0.1, 0.15) is 0 Å². The van der Waals surface area contributed by atoms with Gasteiger partial charge in [-0.25, -0.2) is 8.42 Å². The molecule has 2 heterocycles. The van der Waals surface area contributed by atoms with E-state index in [2.05, 4.69) is 4.98 Å². The molecule has 1 aliphatic heterocycles. The zero-order valence-electron chi connectivity index (χ0n) is 16.5. The van der Waals surface area contributed by atoms with Crippen LogP contribution in [0.1, 0.15) is 27.2 Å². The monoisotopic (exact) mass is 481 g/mol. The Labute approximate surface area is 179 Å². The van der Waals surface area contributed by atoms with Crippen molar-refractivity contribution in [2.75, 3.05) is 26.2 Å². The quantitative estimate of drug-likeness (QED) is 0.629. The third-order valence-electron chi connectivity index (χ3n) is 4.88. The second-order valence-electron chi connectivity index (χ2n) is 7.13. The number of aryl methyl sites for hydroxylation is 1. The number of pyridine rings is 1. The number of nitrogens with zero attached hydrogens (tertiary/aromatic N) is 3. The summed E-state index contributed by atoms with van der Waals surface area (Å²) in [6, 6.07) is 3.40. The standard InChI is InChI=1S/C19H17F6N3O3S/c1-12-2-3-13(11-26-12)17(29)27-4-6-28(7-5-27)32(30,31)16-9-14(18(20,21)22)8-15(10-16)19(23,24)25/h2-3,8-11H,4-7H2,1H3. The van der Waals surface area contributed by atoms with Crippen molar-refractivity contribution in [3.05, 3.63) is 58.9 Å². The summed E-state index contributed by atoms with van der Waals surface area (Å²) in [7, 11) is -4.66. The van der Waals surface area contributed by atoms with Gasteiger partial charge in [-0.15, -0.1) is 0 Å². The molecule has 1 aromatic carbocycles. The van der Waals surface area contributed by atoms with Gasteiger partial charge >= 0.3 is 12.4 Å².